The smallest absolute Gasteiger partial charge is 0.259 e. The topological polar surface area (TPSA) is 68.3 Å². The maximum absolute atomic E-state index is 13.0. The molecular weight excluding hydrogens is 302 g/mol. The number of nitrogen functional groups attached to an aromatic ring is 1. The Morgan fingerprint density at radius 1 is 1.17 bits per heavy atom. The van der Waals surface area contributed by atoms with Crippen molar-refractivity contribution in [2.45, 2.75) is 27.7 Å². The third-order valence-corrected chi connectivity index (χ3v) is 3.94. The molecule has 1 aromatic carbocycles. The van der Waals surface area contributed by atoms with Crippen molar-refractivity contribution < 1.29 is 4.79 Å². The van der Waals surface area contributed by atoms with Crippen LogP contribution in [0, 0.1) is 11.8 Å². The lowest BCUT2D eigenvalue weighted by atomic mass is 10.1. The molecule has 0 saturated carbocycles. The van der Waals surface area contributed by atoms with Gasteiger partial charge in [0.15, 0.2) is 0 Å². The summed E-state index contributed by atoms with van der Waals surface area (Å²) in [6.45, 7) is 9.52. The molecule has 0 atom stereocenters. The first kappa shape index (κ1) is 18.0. The molecule has 1 heterocycles. The minimum atomic E-state index is -0.288. The highest BCUT2D eigenvalue weighted by molar-refractivity contribution is 6.00. The highest BCUT2D eigenvalue weighted by Gasteiger charge is 2.22. The van der Waals surface area contributed by atoms with Gasteiger partial charge in [0.1, 0.15) is 5.56 Å². The first-order valence-corrected chi connectivity index (χ1v) is 8.39. The Morgan fingerprint density at radius 2 is 1.75 bits per heavy atom. The van der Waals surface area contributed by atoms with Crippen LogP contribution >= 0.6 is 0 Å². The Labute approximate surface area is 143 Å². The number of hydrogen-bond donors (Lipinski definition) is 1. The number of carbonyl (C=O) groups is 1. The molecule has 0 bridgehead atoms. The summed E-state index contributed by atoms with van der Waals surface area (Å²) in [6, 6.07) is 5.34. The van der Waals surface area contributed by atoms with E-state index in [0.717, 1.165) is 5.52 Å². The minimum absolute atomic E-state index is 0.184. The standard InChI is InChI=1S/C19H27N3O2/c1-12(2)9-22(10-13(3)4)19(24)14-11-21(5)16-8-6-7-15(20)17(16)18(14)23/h6-8,11-13H,9-10,20H2,1-5H3. The van der Waals surface area contributed by atoms with Gasteiger partial charge < -0.3 is 15.2 Å². The quantitative estimate of drug-likeness (QED) is 0.858. The summed E-state index contributed by atoms with van der Waals surface area (Å²) in [5, 5.41) is 0.417. The number of amides is 1. The molecule has 0 fully saturated rings. The van der Waals surface area contributed by atoms with Crippen molar-refractivity contribution in [3.8, 4) is 0 Å². The van der Waals surface area contributed by atoms with E-state index >= 15 is 0 Å². The van der Waals surface area contributed by atoms with E-state index in [-0.39, 0.29) is 16.9 Å². The van der Waals surface area contributed by atoms with Gasteiger partial charge in [0.2, 0.25) is 5.43 Å². The van der Waals surface area contributed by atoms with Crippen LogP contribution in [-0.2, 0) is 7.05 Å². The van der Waals surface area contributed by atoms with Crippen molar-refractivity contribution in [3.05, 3.63) is 40.2 Å². The highest BCUT2D eigenvalue weighted by Crippen LogP contribution is 2.18. The van der Waals surface area contributed by atoms with Crippen molar-refractivity contribution in [1.29, 1.82) is 0 Å². The monoisotopic (exact) mass is 329 g/mol. The molecule has 2 aromatic rings. The normalized spacial score (nSPS) is 11.5. The van der Waals surface area contributed by atoms with Crippen LogP contribution in [0.3, 0.4) is 0 Å². The molecule has 0 aliphatic carbocycles. The second-order valence-corrected chi connectivity index (χ2v) is 7.22. The fourth-order valence-corrected chi connectivity index (χ4v) is 3.00. The molecule has 0 saturated heterocycles. The van der Waals surface area contributed by atoms with E-state index < -0.39 is 0 Å². The molecule has 130 valence electrons. The van der Waals surface area contributed by atoms with E-state index in [2.05, 4.69) is 27.7 Å². The summed E-state index contributed by atoms with van der Waals surface area (Å²) >= 11 is 0. The van der Waals surface area contributed by atoms with Crippen LogP contribution in [-0.4, -0.2) is 28.5 Å². The molecule has 1 aromatic heterocycles. The third kappa shape index (κ3) is 3.61. The number of rotatable bonds is 5. The van der Waals surface area contributed by atoms with Crippen LogP contribution in [0.1, 0.15) is 38.1 Å². The number of nitrogens with two attached hydrogens (primary N) is 1. The molecule has 24 heavy (non-hydrogen) atoms. The van der Waals surface area contributed by atoms with Crippen molar-refractivity contribution >= 4 is 22.5 Å². The molecule has 0 unspecified atom stereocenters. The summed E-state index contributed by atoms with van der Waals surface area (Å²) in [6.07, 6.45) is 1.63. The van der Waals surface area contributed by atoms with E-state index in [1.807, 2.05) is 19.2 Å². The summed E-state index contributed by atoms with van der Waals surface area (Å²) in [5.41, 5.74) is 7.03. The zero-order valence-electron chi connectivity index (χ0n) is 15.2. The Balaban J connectivity index is 2.58. The van der Waals surface area contributed by atoms with Crippen molar-refractivity contribution in [2.24, 2.45) is 18.9 Å². The maximum Gasteiger partial charge on any atom is 0.259 e. The molecule has 0 aliphatic rings. The zero-order valence-corrected chi connectivity index (χ0v) is 15.2. The molecule has 2 rings (SSSR count). The highest BCUT2D eigenvalue weighted by atomic mass is 16.2. The number of fused-ring (bicyclic) bond motifs is 1. The number of pyridine rings is 1. The average molecular weight is 329 g/mol. The average Bonchev–Trinajstić information content (AvgIpc) is 2.48. The number of aromatic nitrogens is 1. The predicted molar refractivity (Wildman–Crippen MR) is 99.2 cm³/mol. The number of hydrogen-bond acceptors (Lipinski definition) is 3. The fourth-order valence-electron chi connectivity index (χ4n) is 3.00. The second kappa shape index (κ2) is 7.07. The molecule has 0 spiro atoms. The summed E-state index contributed by atoms with van der Waals surface area (Å²) in [4.78, 5) is 27.7. The van der Waals surface area contributed by atoms with Crippen LogP contribution < -0.4 is 11.2 Å². The molecule has 5 heteroatoms. The molecule has 0 aliphatic heterocycles. The van der Waals surface area contributed by atoms with Crippen molar-refractivity contribution in [2.75, 3.05) is 18.8 Å². The van der Waals surface area contributed by atoms with Crippen LogP contribution in [0.2, 0.25) is 0 Å². The number of aryl methyl sites for hydroxylation is 1. The number of carbonyl (C=O) groups excluding carboxylic acids is 1. The number of benzene rings is 1. The van der Waals surface area contributed by atoms with E-state index in [1.54, 1.807) is 21.7 Å². The number of anilines is 1. The fraction of sp³-hybridized carbons (Fsp3) is 0.474. The zero-order chi connectivity index (χ0) is 18.0. The van der Waals surface area contributed by atoms with Gasteiger partial charge in [0, 0.05) is 32.0 Å². The van der Waals surface area contributed by atoms with Gasteiger partial charge in [-0.1, -0.05) is 33.8 Å². The summed E-state index contributed by atoms with van der Waals surface area (Å²) in [5.74, 6) is 0.451. The van der Waals surface area contributed by atoms with Gasteiger partial charge in [-0.25, -0.2) is 0 Å². The predicted octanol–water partition coefficient (Wildman–Crippen LogP) is 2.87. The second-order valence-electron chi connectivity index (χ2n) is 7.22. The Bertz CT molecular complexity index is 796. The molecule has 5 nitrogen and oxygen atoms in total. The lowest BCUT2D eigenvalue weighted by Crippen LogP contribution is -2.39. The van der Waals surface area contributed by atoms with E-state index in [1.165, 1.54) is 0 Å². The van der Waals surface area contributed by atoms with E-state index in [0.29, 0.717) is 36.0 Å². The van der Waals surface area contributed by atoms with Gasteiger partial charge in [0.25, 0.3) is 5.91 Å². The van der Waals surface area contributed by atoms with Gasteiger partial charge in [-0.05, 0) is 24.0 Å². The summed E-state index contributed by atoms with van der Waals surface area (Å²) in [7, 11) is 1.83. The Kier molecular flexibility index (Phi) is 5.32. The third-order valence-electron chi connectivity index (χ3n) is 3.94. The first-order chi connectivity index (χ1) is 11.2. The minimum Gasteiger partial charge on any atom is -0.398 e. The van der Waals surface area contributed by atoms with Crippen LogP contribution in [0.25, 0.3) is 10.9 Å². The maximum atomic E-state index is 13.0. The first-order valence-electron chi connectivity index (χ1n) is 8.39. The SMILES string of the molecule is CC(C)CN(CC(C)C)C(=O)c1cn(C)c2cccc(N)c2c1=O. The van der Waals surface area contributed by atoms with Crippen LogP contribution in [0.5, 0.6) is 0 Å². The lowest BCUT2D eigenvalue weighted by molar-refractivity contribution is 0.0713. The van der Waals surface area contributed by atoms with Gasteiger partial charge in [-0.2, -0.15) is 0 Å². The largest absolute Gasteiger partial charge is 0.398 e. The van der Waals surface area contributed by atoms with Gasteiger partial charge in [0.05, 0.1) is 10.9 Å². The van der Waals surface area contributed by atoms with E-state index in [4.69, 9.17) is 5.73 Å². The van der Waals surface area contributed by atoms with Crippen LogP contribution in [0.15, 0.2) is 29.2 Å². The van der Waals surface area contributed by atoms with Gasteiger partial charge in [-0.3, -0.25) is 9.59 Å². The summed E-state index contributed by atoms with van der Waals surface area (Å²) < 4.78 is 1.79. The molecule has 1 amide bonds. The number of nitrogens with zero attached hydrogens (tertiary/aromatic N) is 2. The molecule has 0 radical (unpaired) electrons. The lowest BCUT2D eigenvalue weighted by Gasteiger charge is -2.26. The molecule has 2 N–H and O–H groups in total. The van der Waals surface area contributed by atoms with Gasteiger partial charge >= 0.3 is 0 Å². The Morgan fingerprint density at radius 3 is 2.29 bits per heavy atom. The van der Waals surface area contributed by atoms with Gasteiger partial charge in [-0.15, -0.1) is 0 Å². The van der Waals surface area contributed by atoms with Crippen LogP contribution in [0.4, 0.5) is 5.69 Å². The Hall–Kier alpha value is -2.30. The van der Waals surface area contributed by atoms with Crippen molar-refractivity contribution in [3.63, 3.8) is 0 Å². The van der Waals surface area contributed by atoms with E-state index in [9.17, 15) is 9.59 Å². The molecular formula is C19H27N3O2. The van der Waals surface area contributed by atoms with Crippen molar-refractivity contribution in [1.82, 2.24) is 9.47 Å².